The van der Waals surface area contributed by atoms with Gasteiger partial charge in [-0.25, -0.2) is 4.98 Å². The summed E-state index contributed by atoms with van der Waals surface area (Å²) in [5.41, 5.74) is 0. The zero-order chi connectivity index (χ0) is 12.3. The summed E-state index contributed by atoms with van der Waals surface area (Å²) in [6, 6.07) is 1.65. The minimum absolute atomic E-state index is 0.0240. The summed E-state index contributed by atoms with van der Waals surface area (Å²) in [6.45, 7) is 3.65. The van der Waals surface area contributed by atoms with Gasteiger partial charge in [0.15, 0.2) is 0 Å². The van der Waals surface area contributed by atoms with Crippen molar-refractivity contribution < 1.29 is 5.11 Å². The number of anilines is 1. The van der Waals surface area contributed by atoms with Crippen molar-refractivity contribution in [3.8, 4) is 0 Å². The lowest BCUT2D eigenvalue weighted by atomic mass is 10.3. The third-order valence-electron chi connectivity index (χ3n) is 2.11. The fraction of sp³-hybridized carbons (Fsp3) is 0.500. The molecule has 1 rings (SSSR count). The number of aromatic nitrogens is 1. The first kappa shape index (κ1) is 13.9. The number of aliphatic hydroxyl groups is 1. The van der Waals surface area contributed by atoms with Crippen LogP contribution < -0.4 is 5.32 Å². The van der Waals surface area contributed by atoms with E-state index in [0.717, 1.165) is 0 Å². The van der Waals surface area contributed by atoms with Crippen LogP contribution >= 0.6 is 35.0 Å². The lowest BCUT2D eigenvalue weighted by Gasteiger charge is -2.15. The predicted molar refractivity (Wildman–Crippen MR) is 70.8 cm³/mol. The molecule has 0 fully saturated rings. The molecule has 0 bridgehead atoms. The summed E-state index contributed by atoms with van der Waals surface area (Å²) in [7, 11) is 1.74. The van der Waals surface area contributed by atoms with E-state index < -0.39 is 6.10 Å². The molecule has 1 aromatic heterocycles. The first-order chi connectivity index (χ1) is 7.45. The van der Waals surface area contributed by atoms with Gasteiger partial charge in [-0.2, -0.15) is 0 Å². The average Bonchev–Trinajstić information content (AvgIpc) is 2.21. The van der Waals surface area contributed by atoms with Crippen molar-refractivity contribution in [1.29, 1.82) is 0 Å². The van der Waals surface area contributed by atoms with E-state index in [0.29, 0.717) is 20.9 Å². The molecule has 90 valence electrons. The van der Waals surface area contributed by atoms with Crippen LogP contribution in [0.25, 0.3) is 0 Å². The third-order valence-corrected chi connectivity index (χ3v) is 4.10. The Morgan fingerprint density at radius 3 is 2.50 bits per heavy atom. The molecule has 0 aromatic carbocycles. The smallest absolute Gasteiger partial charge is 0.145 e. The monoisotopic (exact) mass is 280 g/mol. The van der Waals surface area contributed by atoms with Crippen LogP contribution in [0.15, 0.2) is 11.1 Å². The second-order valence-corrected chi connectivity index (χ2v) is 5.60. The van der Waals surface area contributed by atoms with E-state index in [2.05, 4.69) is 10.3 Å². The maximum atomic E-state index is 9.42. The number of hydrogen-bond donors (Lipinski definition) is 2. The number of rotatable bonds is 4. The number of pyridine rings is 1. The second kappa shape index (κ2) is 5.96. The van der Waals surface area contributed by atoms with E-state index in [1.54, 1.807) is 20.0 Å². The lowest BCUT2D eigenvalue weighted by molar-refractivity contribution is 0.196. The molecular weight excluding hydrogens is 267 g/mol. The van der Waals surface area contributed by atoms with Crippen LogP contribution in [0.4, 0.5) is 5.82 Å². The molecule has 3 nitrogen and oxygen atoms in total. The largest absolute Gasteiger partial charge is 0.392 e. The molecule has 0 saturated heterocycles. The molecule has 6 heteroatoms. The number of halogens is 2. The maximum Gasteiger partial charge on any atom is 0.145 e. The van der Waals surface area contributed by atoms with E-state index in [9.17, 15) is 5.11 Å². The molecule has 1 heterocycles. The first-order valence-corrected chi connectivity index (χ1v) is 6.47. The van der Waals surface area contributed by atoms with Gasteiger partial charge in [0.05, 0.1) is 16.1 Å². The standard InChI is InChI=1S/C10H14Cl2N2OS/c1-5(15)6(2)16-10-8(12)4-7(11)9(13-3)14-10/h4-6,15H,1-3H3,(H,13,14). The SMILES string of the molecule is CNc1nc(SC(C)C(C)O)c(Cl)cc1Cl. The number of aliphatic hydroxyl groups excluding tert-OH is 1. The highest BCUT2D eigenvalue weighted by Gasteiger charge is 2.15. The van der Waals surface area contributed by atoms with Crippen molar-refractivity contribution in [3.63, 3.8) is 0 Å². The fourth-order valence-electron chi connectivity index (χ4n) is 0.982. The van der Waals surface area contributed by atoms with Crippen molar-refractivity contribution in [1.82, 2.24) is 4.98 Å². The minimum atomic E-state index is -0.420. The van der Waals surface area contributed by atoms with Gasteiger partial charge in [0.1, 0.15) is 10.8 Å². The van der Waals surface area contributed by atoms with E-state index >= 15 is 0 Å². The Kier molecular flexibility index (Phi) is 5.18. The van der Waals surface area contributed by atoms with E-state index in [1.165, 1.54) is 11.8 Å². The molecule has 0 aliphatic rings. The highest BCUT2D eigenvalue weighted by molar-refractivity contribution is 8.00. The molecule has 0 saturated carbocycles. The number of hydrogen-bond acceptors (Lipinski definition) is 4. The van der Waals surface area contributed by atoms with E-state index in [4.69, 9.17) is 23.2 Å². The Balaban J connectivity index is 2.96. The van der Waals surface area contributed by atoms with Gasteiger partial charge in [-0.05, 0) is 13.0 Å². The Labute approximate surface area is 110 Å². The Hall–Kier alpha value is -0.160. The quantitative estimate of drug-likeness (QED) is 0.831. The molecule has 2 N–H and O–H groups in total. The Morgan fingerprint density at radius 2 is 2.00 bits per heavy atom. The maximum absolute atomic E-state index is 9.42. The highest BCUT2D eigenvalue weighted by atomic mass is 35.5. The van der Waals surface area contributed by atoms with Crippen molar-refractivity contribution in [2.45, 2.75) is 30.2 Å². The summed E-state index contributed by atoms with van der Waals surface area (Å²) < 4.78 is 0. The fourth-order valence-corrected chi connectivity index (χ4v) is 2.43. The molecule has 0 amide bonds. The molecule has 1 aromatic rings. The van der Waals surface area contributed by atoms with Crippen molar-refractivity contribution in [2.24, 2.45) is 0 Å². The third kappa shape index (κ3) is 3.42. The van der Waals surface area contributed by atoms with Gasteiger partial charge in [-0.3, -0.25) is 0 Å². The Morgan fingerprint density at radius 1 is 1.38 bits per heavy atom. The lowest BCUT2D eigenvalue weighted by Crippen LogP contribution is -2.15. The summed E-state index contributed by atoms with van der Waals surface area (Å²) in [6.07, 6.45) is -0.420. The molecule has 0 aliphatic carbocycles. The topological polar surface area (TPSA) is 45.2 Å². The van der Waals surface area contributed by atoms with Crippen molar-refractivity contribution in [2.75, 3.05) is 12.4 Å². The van der Waals surface area contributed by atoms with Crippen LogP contribution in [-0.2, 0) is 0 Å². The molecule has 0 radical (unpaired) electrons. The zero-order valence-corrected chi connectivity index (χ0v) is 11.6. The molecule has 0 aliphatic heterocycles. The van der Waals surface area contributed by atoms with Gasteiger partial charge in [-0.15, -0.1) is 0 Å². The highest BCUT2D eigenvalue weighted by Crippen LogP contribution is 2.34. The van der Waals surface area contributed by atoms with Crippen molar-refractivity contribution >= 4 is 40.8 Å². The van der Waals surface area contributed by atoms with Crippen LogP contribution in [0.3, 0.4) is 0 Å². The van der Waals surface area contributed by atoms with Crippen LogP contribution in [0.1, 0.15) is 13.8 Å². The Bertz CT molecular complexity index is 374. The van der Waals surface area contributed by atoms with Gasteiger partial charge in [0, 0.05) is 12.3 Å². The number of nitrogens with one attached hydrogen (secondary N) is 1. The molecule has 2 atom stereocenters. The average molecular weight is 281 g/mol. The van der Waals surface area contributed by atoms with Gasteiger partial charge >= 0.3 is 0 Å². The van der Waals surface area contributed by atoms with E-state index in [1.807, 2.05) is 6.92 Å². The van der Waals surface area contributed by atoms with Gasteiger partial charge < -0.3 is 10.4 Å². The summed E-state index contributed by atoms with van der Waals surface area (Å²) in [5, 5.41) is 14.0. The van der Waals surface area contributed by atoms with Crippen LogP contribution in [0, 0.1) is 0 Å². The second-order valence-electron chi connectivity index (χ2n) is 3.42. The number of nitrogens with zero attached hydrogens (tertiary/aromatic N) is 1. The zero-order valence-electron chi connectivity index (χ0n) is 9.29. The molecular formula is C10H14Cl2N2OS. The summed E-state index contributed by atoms with van der Waals surface area (Å²) in [4.78, 5) is 4.29. The first-order valence-electron chi connectivity index (χ1n) is 4.84. The van der Waals surface area contributed by atoms with Crippen LogP contribution in [0.5, 0.6) is 0 Å². The number of thioether (sulfide) groups is 1. The molecule has 16 heavy (non-hydrogen) atoms. The van der Waals surface area contributed by atoms with Gasteiger partial charge in [0.2, 0.25) is 0 Å². The van der Waals surface area contributed by atoms with E-state index in [-0.39, 0.29) is 5.25 Å². The molecule has 2 unspecified atom stereocenters. The van der Waals surface area contributed by atoms with Crippen LogP contribution in [0.2, 0.25) is 10.0 Å². The summed E-state index contributed by atoms with van der Waals surface area (Å²) >= 11 is 13.4. The predicted octanol–water partition coefficient (Wildman–Crippen LogP) is 3.29. The van der Waals surface area contributed by atoms with Gasteiger partial charge in [-0.1, -0.05) is 41.9 Å². The minimum Gasteiger partial charge on any atom is -0.392 e. The van der Waals surface area contributed by atoms with Gasteiger partial charge in [0.25, 0.3) is 0 Å². The van der Waals surface area contributed by atoms with Crippen LogP contribution in [-0.4, -0.2) is 28.5 Å². The van der Waals surface area contributed by atoms with Crippen molar-refractivity contribution in [3.05, 3.63) is 16.1 Å². The molecule has 0 spiro atoms. The normalized spacial score (nSPS) is 14.6. The summed E-state index contributed by atoms with van der Waals surface area (Å²) in [5.74, 6) is 0.589.